The van der Waals surface area contributed by atoms with Crippen molar-refractivity contribution in [3.05, 3.63) is 59.2 Å². The van der Waals surface area contributed by atoms with Gasteiger partial charge in [-0.1, -0.05) is 38.1 Å². The topological polar surface area (TPSA) is 35.8 Å². The van der Waals surface area contributed by atoms with Gasteiger partial charge in [0.25, 0.3) is 0 Å². The lowest BCUT2D eigenvalue weighted by atomic mass is 9.98. The number of anilines is 2. The van der Waals surface area contributed by atoms with Crippen LogP contribution < -0.4 is 5.32 Å². The summed E-state index contributed by atoms with van der Waals surface area (Å²) in [6.45, 7) is 6.47. The molecule has 0 aliphatic heterocycles. The number of hydrogen-bond acceptors (Lipinski definition) is 2. The summed E-state index contributed by atoms with van der Waals surface area (Å²) in [5.41, 5.74) is 5.28. The number of nitriles is 1. The lowest BCUT2D eigenvalue weighted by Gasteiger charge is -2.17. The second kappa shape index (κ2) is 5.58. The molecule has 0 aliphatic carbocycles. The van der Waals surface area contributed by atoms with E-state index in [0.29, 0.717) is 11.5 Å². The Morgan fingerprint density at radius 2 is 1.84 bits per heavy atom. The van der Waals surface area contributed by atoms with Gasteiger partial charge in [-0.25, -0.2) is 0 Å². The first-order valence-electron chi connectivity index (χ1n) is 6.48. The summed E-state index contributed by atoms with van der Waals surface area (Å²) in [5, 5.41) is 12.4. The van der Waals surface area contributed by atoms with Gasteiger partial charge < -0.3 is 5.32 Å². The Hall–Kier alpha value is -2.27. The molecule has 0 radical (unpaired) electrons. The van der Waals surface area contributed by atoms with Gasteiger partial charge in [-0.05, 0) is 42.2 Å². The minimum Gasteiger partial charge on any atom is -0.355 e. The van der Waals surface area contributed by atoms with E-state index in [4.69, 9.17) is 5.26 Å². The van der Waals surface area contributed by atoms with E-state index in [1.807, 2.05) is 24.3 Å². The summed E-state index contributed by atoms with van der Waals surface area (Å²) in [6, 6.07) is 16.1. The zero-order valence-corrected chi connectivity index (χ0v) is 11.6. The maximum atomic E-state index is 8.95. The third kappa shape index (κ3) is 2.95. The van der Waals surface area contributed by atoms with Gasteiger partial charge in [0.2, 0.25) is 0 Å². The first-order valence-corrected chi connectivity index (χ1v) is 6.48. The number of rotatable bonds is 3. The smallest absolute Gasteiger partial charge is 0.0992 e. The molecule has 0 saturated carbocycles. The molecular weight excluding hydrogens is 232 g/mol. The third-order valence-electron chi connectivity index (χ3n) is 3.19. The van der Waals surface area contributed by atoms with Gasteiger partial charge in [-0.2, -0.15) is 5.26 Å². The van der Waals surface area contributed by atoms with Crippen molar-refractivity contribution in [1.82, 2.24) is 0 Å². The van der Waals surface area contributed by atoms with Crippen molar-refractivity contribution in [3.8, 4) is 6.07 Å². The van der Waals surface area contributed by atoms with Crippen molar-refractivity contribution in [2.24, 2.45) is 0 Å². The molecule has 96 valence electrons. The standard InChI is InChI=1S/C17H18N2/c1-12(2)16-9-4-6-13(3)17(16)19-15-8-5-7-14(10-15)11-18/h4-10,12,19H,1-3H3. The molecule has 0 fully saturated rings. The Morgan fingerprint density at radius 1 is 1.11 bits per heavy atom. The molecule has 19 heavy (non-hydrogen) atoms. The number of aryl methyl sites for hydroxylation is 1. The van der Waals surface area contributed by atoms with Crippen molar-refractivity contribution in [2.45, 2.75) is 26.7 Å². The van der Waals surface area contributed by atoms with E-state index >= 15 is 0 Å². The number of nitrogens with one attached hydrogen (secondary N) is 1. The van der Waals surface area contributed by atoms with E-state index in [0.717, 1.165) is 11.4 Å². The highest BCUT2D eigenvalue weighted by molar-refractivity contribution is 5.68. The Labute approximate surface area is 114 Å². The van der Waals surface area contributed by atoms with E-state index in [-0.39, 0.29) is 0 Å². The third-order valence-corrected chi connectivity index (χ3v) is 3.19. The van der Waals surface area contributed by atoms with Gasteiger partial charge in [-0.15, -0.1) is 0 Å². The normalized spacial score (nSPS) is 10.3. The lowest BCUT2D eigenvalue weighted by Crippen LogP contribution is -2.00. The number of benzene rings is 2. The predicted octanol–water partition coefficient (Wildman–Crippen LogP) is 4.73. The predicted molar refractivity (Wildman–Crippen MR) is 79.7 cm³/mol. The highest BCUT2D eigenvalue weighted by atomic mass is 14.9. The van der Waals surface area contributed by atoms with Crippen LogP contribution in [0.15, 0.2) is 42.5 Å². The molecule has 2 rings (SSSR count). The largest absolute Gasteiger partial charge is 0.355 e. The van der Waals surface area contributed by atoms with Crippen LogP contribution in [-0.4, -0.2) is 0 Å². The molecule has 0 amide bonds. The second-order valence-electron chi connectivity index (χ2n) is 5.01. The van der Waals surface area contributed by atoms with Crippen molar-refractivity contribution in [3.63, 3.8) is 0 Å². The van der Waals surface area contributed by atoms with Gasteiger partial charge in [-0.3, -0.25) is 0 Å². The fraction of sp³-hybridized carbons (Fsp3) is 0.235. The maximum Gasteiger partial charge on any atom is 0.0992 e. The quantitative estimate of drug-likeness (QED) is 0.854. The van der Waals surface area contributed by atoms with E-state index in [9.17, 15) is 0 Å². The first kappa shape index (κ1) is 13.2. The van der Waals surface area contributed by atoms with E-state index in [2.05, 4.69) is 50.4 Å². The minimum atomic E-state index is 0.460. The van der Waals surface area contributed by atoms with Gasteiger partial charge in [0.1, 0.15) is 0 Å². The van der Waals surface area contributed by atoms with Crippen molar-refractivity contribution >= 4 is 11.4 Å². The average molecular weight is 250 g/mol. The van der Waals surface area contributed by atoms with Crippen LogP contribution in [0.1, 0.15) is 36.5 Å². The monoisotopic (exact) mass is 250 g/mol. The highest BCUT2D eigenvalue weighted by Gasteiger charge is 2.09. The van der Waals surface area contributed by atoms with Crippen LogP contribution >= 0.6 is 0 Å². The van der Waals surface area contributed by atoms with Crippen LogP contribution in [0.2, 0.25) is 0 Å². The molecule has 0 atom stereocenters. The lowest BCUT2D eigenvalue weighted by molar-refractivity contribution is 0.867. The summed E-state index contributed by atoms with van der Waals surface area (Å²) in [6.07, 6.45) is 0. The van der Waals surface area contributed by atoms with Gasteiger partial charge >= 0.3 is 0 Å². The summed E-state index contributed by atoms with van der Waals surface area (Å²) in [7, 11) is 0. The molecule has 2 aromatic carbocycles. The summed E-state index contributed by atoms with van der Waals surface area (Å²) < 4.78 is 0. The van der Waals surface area contributed by atoms with E-state index < -0.39 is 0 Å². The van der Waals surface area contributed by atoms with Crippen molar-refractivity contribution in [2.75, 3.05) is 5.32 Å². The average Bonchev–Trinajstić information content (AvgIpc) is 2.41. The van der Waals surface area contributed by atoms with Gasteiger partial charge in [0, 0.05) is 11.4 Å². The molecule has 1 N–H and O–H groups in total. The Bertz CT molecular complexity index is 621. The van der Waals surface area contributed by atoms with Crippen LogP contribution in [0.4, 0.5) is 11.4 Å². The van der Waals surface area contributed by atoms with Gasteiger partial charge in [0.05, 0.1) is 11.6 Å². The summed E-state index contributed by atoms with van der Waals surface area (Å²) in [5.74, 6) is 0.460. The molecule has 2 aromatic rings. The molecular formula is C17H18N2. The molecule has 2 heteroatoms. The maximum absolute atomic E-state index is 8.95. The molecule has 0 aromatic heterocycles. The van der Waals surface area contributed by atoms with Crippen LogP contribution in [0.3, 0.4) is 0 Å². The molecule has 0 spiro atoms. The Morgan fingerprint density at radius 3 is 2.53 bits per heavy atom. The number of hydrogen-bond donors (Lipinski definition) is 1. The molecule has 0 saturated heterocycles. The van der Waals surface area contributed by atoms with Crippen LogP contribution in [0.25, 0.3) is 0 Å². The highest BCUT2D eigenvalue weighted by Crippen LogP contribution is 2.30. The second-order valence-corrected chi connectivity index (χ2v) is 5.01. The van der Waals surface area contributed by atoms with Crippen LogP contribution in [0.5, 0.6) is 0 Å². The Kier molecular flexibility index (Phi) is 3.87. The zero-order chi connectivity index (χ0) is 13.8. The van der Waals surface area contributed by atoms with Gasteiger partial charge in [0.15, 0.2) is 0 Å². The minimum absolute atomic E-state index is 0.460. The fourth-order valence-electron chi connectivity index (χ4n) is 2.15. The molecule has 2 nitrogen and oxygen atoms in total. The Balaban J connectivity index is 2.40. The molecule has 0 aliphatic rings. The SMILES string of the molecule is Cc1cccc(C(C)C)c1Nc1cccc(C#N)c1. The van der Waals surface area contributed by atoms with E-state index in [1.54, 1.807) is 0 Å². The molecule has 0 bridgehead atoms. The van der Waals surface area contributed by atoms with Crippen LogP contribution in [-0.2, 0) is 0 Å². The number of para-hydroxylation sites is 1. The first-order chi connectivity index (χ1) is 9.11. The van der Waals surface area contributed by atoms with Crippen LogP contribution in [0, 0.1) is 18.3 Å². The van der Waals surface area contributed by atoms with Crippen molar-refractivity contribution < 1.29 is 0 Å². The zero-order valence-electron chi connectivity index (χ0n) is 11.6. The van der Waals surface area contributed by atoms with Crippen molar-refractivity contribution in [1.29, 1.82) is 5.26 Å². The summed E-state index contributed by atoms with van der Waals surface area (Å²) >= 11 is 0. The summed E-state index contributed by atoms with van der Waals surface area (Å²) in [4.78, 5) is 0. The molecule has 0 heterocycles. The van der Waals surface area contributed by atoms with E-state index in [1.165, 1.54) is 11.1 Å². The fourth-order valence-corrected chi connectivity index (χ4v) is 2.15. The molecule has 0 unspecified atom stereocenters. The number of nitrogens with zero attached hydrogens (tertiary/aromatic N) is 1.